The van der Waals surface area contributed by atoms with E-state index in [-0.39, 0.29) is 4.90 Å². The summed E-state index contributed by atoms with van der Waals surface area (Å²) in [4.78, 5) is 0.235. The van der Waals surface area contributed by atoms with Crippen LogP contribution in [0.4, 0.5) is 11.4 Å². The molecule has 1 aliphatic carbocycles. The van der Waals surface area contributed by atoms with Crippen LogP contribution in [0, 0.1) is 5.41 Å². The van der Waals surface area contributed by atoms with E-state index in [4.69, 9.17) is 5.73 Å². The zero-order valence-corrected chi connectivity index (χ0v) is 13.6. The van der Waals surface area contributed by atoms with Gasteiger partial charge in [-0.1, -0.05) is 19.8 Å². The summed E-state index contributed by atoms with van der Waals surface area (Å²) in [6.07, 6.45) is 6.14. The Morgan fingerprint density at radius 3 is 2.52 bits per heavy atom. The second kappa shape index (κ2) is 6.23. The Bertz CT molecular complexity index is 593. The van der Waals surface area contributed by atoms with Crippen LogP contribution in [0.5, 0.6) is 0 Å². The van der Waals surface area contributed by atoms with Gasteiger partial charge in [-0.2, -0.15) is 0 Å². The summed E-state index contributed by atoms with van der Waals surface area (Å²) in [6, 6.07) is 4.77. The van der Waals surface area contributed by atoms with Crippen molar-refractivity contribution in [1.82, 2.24) is 4.72 Å². The molecule has 0 aliphatic heterocycles. The van der Waals surface area contributed by atoms with Gasteiger partial charge in [-0.15, -0.1) is 0 Å². The van der Waals surface area contributed by atoms with Gasteiger partial charge in [0, 0.05) is 6.54 Å². The first-order chi connectivity index (χ1) is 9.92. The van der Waals surface area contributed by atoms with Crippen molar-refractivity contribution in [3.05, 3.63) is 18.2 Å². The highest BCUT2D eigenvalue weighted by atomic mass is 32.2. The van der Waals surface area contributed by atoms with Crippen molar-refractivity contribution in [2.45, 2.75) is 43.9 Å². The maximum atomic E-state index is 11.9. The average molecular weight is 311 g/mol. The summed E-state index contributed by atoms with van der Waals surface area (Å²) in [7, 11) is -2.03. The summed E-state index contributed by atoms with van der Waals surface area (Å²) in [5, 5.41) is 3.37. The third kappa shape index (κ3) is 3.49. The molecule has 0 spiro atoms. The molecule has 0 heterocycles. The molecule has 5 nitrogen and oxygen atoms in total. The normalized spacial score (nSPS) is 17.8. The molecule has 1 saturated carbocycles. The number of nitrogen functional groups attached to an aromatic ring is 1. The fourth-order valence-electron chi connectivity index (χ4n) is 3.04. The number of rotatable bonds is 6. The highest BCUT2D eigenvalue weighted by molar-refractivity contribution is 7.89. The van der Waals surface area contributed by atoms with Crippen LogP contribution in [0.25, 0.3) is 0 Å². The SMILES string of the molecule is CCC1(CNc2cc(S(=O)(=O)NC)ccc2N)CCCC1. The van der Waals surface area contributed by atoms with Crippen LogP contribution in [0.2, 0.25) is 0 Å². The first-order valence-electron chi connectivity index (χ1n) is 7.49. The Labute approximate surface area is 127 Å². The molecule has 118 valence electrons. The minimum absolute atomic E-state index is 0.235. The monoisotopic (exact) mass is 311 g/mol. The van der Waals surface area contributed by atoms with E-state index in [0.29, 0.717) is 16.8 Å². The van der Waals surface area contributed by atoms with Crippen molar-refractivity contribution in [1.29, 1.82) is 0 Å². The van der Waals surface area contributed by atoms with Crippen molar-refractivity contribution >= 4 is 21.4 Å². The van der Waals surface area contributed by atoms with Crippen molar-refractivity contribution < 1.29 is 8.42 Å². The molecule has 0 amide bonds. The van der Waals surface area contributed by atoms with Gasteiger partial charge in [-0.3, -0.25) is 0 Å². The zero-order chi connectivity index (χ0) is 15.5. The molecule has 4 N–H and O–H groups in total. The smallest absolute Gasteiger partial charge is 0.240 e. The Morgan fingerprint density at radius 1 is 1.29 bits per heavy atom. The minimum atomic E-state index is -3.44. The molecular weight excluding hydrogens is 286 g/mol. The maximum absolute atomic E-state index is 11.9. The number of sulfonamides is 1. The average Bonchev–Trinajstić information content (AvgIpc) is 2.95. The second-order valence-corrected chi connectivity index (χ2v) is 7.76. The van der Waals surface area contributed by atoms with Crippen molar-refractivity contribution in [3.63, 3.8) is 0 Å². The van der Waals surface area contributed by atoms with Crippen LogP contribution in [0.3, 0.4) is 0 Å². The summed E-state index contributed by atoms with van der Waals surface area (Å²) < 4.78 is 26.1. The van der Waals surface area contributed by atoms with Gasteiger partial charge < -0.3 is 11.1 Å². The Morgan fingerprint density at radius 2 is 1.95 bits per heavy atom. The summed E-state index contributed by atoms with van der Waals surface area (Å²) in [5.74, 6) is 0. The standard InChI is InChI=1S/C15H25N3O2S/c1-3-15(8-4-5-9-15)11-18-14-10-12(6-7-13(14)16)21(19,20)17-2/h6-7,10,17-18H,3-5,8-9,11,16H2,1-2H3. The van der Waals surface area contributed by atoms with Gasteiger partial charge in [-0.05, 0) is 49.9 Å². The van der Waals surface area contributed by atoms with Gasteiger partial charge in [-0.25, -0.2) is 13.1 Å². The fourth-order valence-corrected chi connectivity index (χ4v) is 3.79. The van der Waals surface area contributed by atoms with E-state index >= 15 is 0 Å². The van der Waals surface area contributed by atoms with Crippen molar-refractivity contribution in [3.8, 4) is 0 Å². The molecule has 1 aliphatic rings. The molecule has 2 rings (SSSR count). The van der Waals surface area contributed by atoms with Crippen LogP contribution < -0.4 is 15.8 Å². The van der Waals surface area contributed by atoms with E-state index in [0.717, 1.165) is 13.0 Å². The molecule has 0 saturated heterocycles. The predicted molar refractivity (Wildman–Crippen MR) is 86.8 cm³/mol. The molecule has 1 aromatic rings. The molecule has 0 radical (unpaired) electrons. The van der Waals surface area contributed by atoms with Gasteiger partial charge in [0.25, 0.3) is 0 Å². The summed E-state index contributed by atoms with van der Waals surface area (Å²) in [6.45, 7) is 3.06. The molecule has 0 unspecified atom stereocenters. The highest BCUT2D eigenvalue weighted by Gasteiger charge is 2.31. The lowest BCUT2D eigenvalue weighted by molar-refractivity contribution is 0.307. The first kappa shape index (κ1) is 16.1. The second-order valence-electron chi connectivity index (χ2n) is 5.87. The molecule has 21 heavy (non-hydrogen) atoms. The molecule has 6 heteroatoms. The van der Waals surface area contributed by atoms with E-state index in [1.807, 2.05) is 0 Å². The van der Waals surface area contributed by atoms with E-state index in [1.165, 1.54) is 38.8 Å². The maximum Gasteiger partial charge on any atom is 0.240 e. The number of hydrogen-bond acceptors (Lipinski definition) is 4. The molecule has 0 bridgehead atoms. The molecule has 1 aromatic carbocycles. The van der Waals surface area contributed by atoms with Gasteiger partial charge in [0.2, 0.25) is 10.0 Å². The van der Waals surface area contributed by atoms with Gasteiger partial charge in [0.15, 0.2) is 0 Å². The number of benzene rings is 1. The lowest BCUT2D eigenvalue weighted by Gasteiger charge is -2.28. The number of hydrogen-bond donors (Lipinski definition) is 3. The summed E-state index contributed by atoms with van der Waals surface area (Å²) in [5.41, 5.74) is 7.57. The Kier molecular flexibility index (Phi) is 4.78. The zero-order valence-electron chi connectivity index (χ0n) is 12.8. The van der Waals surface area contributed by atoms with Crippen LogP contribution >= 0.6 is 0 Å². The fraction of sp³-hybridized carbons (Fsp3) is 0.600. The first-order valence-corrected chi connectivity index (χ1v) is 8.98. The minimum Gasteiger partial charge on any atom is -0.397 e. The van der Waals surface area contributed by atoms with Crippen molar-refractivity contribution in [2.75, 3.05) is 24.6 Å². The topological polar surface area (TPSA) is 84.2 Å². The van der Waals surface area contributed by atoms with E-state index in [2.05, 4.69) is 17.0 Å². The third-order valence-electron chi connectivity index (χ3n) is 4.67. The Hall–Kier alpha value is -1.27. The van der Waals surface area contributed by atoms with E-state index in [1.54, 1.807) is 12.1 Å². The largest absolute Gasteiger partial charge is 0.397 e. The highest BCUT2D eigenvalue weighted by Crippen LogP contribution is 2.41. The lowest BCUT2D eigenvalue weighted by Crippen LogP contribution is -2.26. The van der Waals surface area contributed by atoms with Gasteiger partial charge in [0.1, 0.15) is 0 Å². The lowest BCUT2D eigenvalue weighted by atomic mass is 9.83. The van der Waals surface area contributed by atoms with Crippen LogP contribution in [-0.4, -0.2) is 22.0 Å². The van der Waals surface area contributed by atoms with Gasteiger partial charge in [0.05, 0.1) is 16.3 Å². The van der Waals surface area contributed by atoms with Crippen LogP contribution in [0.15, 0.2) is 23.1 Å². The third-order valence-corrected chi connectivity index (χ3v) is 6.08. The van der Waals surface area contributed by atoms with Crippen molar-refractivity contribution in [2.24, 2.45) is 5.41 Å². The quantitative estimate of drug-likeness (QED) is 0.705. The van der Waals surface area contributed by atoms with Crippen LogP contribution in [0.1, 0.15) is 39.0 Å². The van der Waals surface area contributed by atoms with E-state index in [9.17, 15) is 8.42 Å². The van der Waals surface area contributed by atoms with E-state index < -0.39 is 10.0 Å². The number of nitrogens with one attached hydrogen (secondary N) is 2. The Balaban J connectivity index is 2.18. The molecule has 0 atom stereocenters. The molecular formula is C15H25N3O2S. The molecule has 0 aromatic heterocycles. The molecule has 1 fully saturated rings. The van der Waals surface area contributed by atoms with Gasteiger partial charge >= 0.3 is 0 Å². The van der Waals surface area contributed by atoms with Crippen LogP contribution in [-0.2, 0) is 10.0 Å². The predicted octanol–water partition coefficient (Wildman–Crippen LogP) is 2.56. The number of anilines is 2. The summed E-state index contributed by atoms with van der Waals surface area (Å²) >= 11 is 0. The number of nitrogens with two attached hydrogens (primary N) is 1.